The van der Waals surface area contributed by atoms with E-state index in [0.717, 1.165) is 11.1 Å². The first-order chi connectivity index (χ1) is 16.8. The van der Waals surface area contributed by atoms with E-state index in [9.17, 15) is 18.8 Å². The molecule has 2 atom stereocenters. The smallest absolute Gasteiger partial charge is 0.334 e. The van der Waals surface area contributed by atoms with E-state index in [-0.39, 0.29) is 49.2 Å². The van der Waals surface area contributed by atoms with Gasteiger partial charge < -0.3 is 15.1 Å². The molecule has 4 rings (SSSR count). The molecule has 8 nitrogen and oxygen atoms in total. The number of nitrogens with one attached hydrogen (secondary N) is 1. The topological polar surface area (TPSA) is 76.2 Å². The lowest BCUT2D eigenvalue weighted by molar-refractivity contribution is -0.189. The number of hydrazine groups is 1. The van der Waals surface area contributed by atoms with E-state index >= 15 is 0 Å². The van der Waals surface area contributed by atoms with Crippen molar-refractivity contribution in [3.63, 3.8) is 0 Å². The number of hydrogen-bond acceptors (Lipinski definition) is 4. The van der Waals surface area contributed by atoms with Gasteiger partial charge in [0, 0.05) is 20.1 Å². The van der Waals surface area contributed by atoms with Gasteiger partial charge in [-0.25, -0.2) is 19.2 Å². The van der Waals surface area contributed by atoms with Crippen LogP contribution in [0.1, 0.15) is 25.0 Å². The van der Waals surface area contributed by atoms with Crippen LogP contribution in [0.5, 0.6) is 0 Å². The van der Waals surface area contributed by atoms with Crippen LogP contribution in [-0.2, 0) is 22.6 Å². The molecule has 2 aromatic rings. The minimum Gasteiger partial charge on any atom is -0.337 e. The van der Waals surface area contributed by atoms with Gasteiger partial charge in [0.25, 0.3) is 0 Å². The quantitative estimate of drug-likeness (QED) is 0.688. The average Bonchev–Trinajstić information content (AvgIpc) is 2.83. The van der Waals surface area contributed by atoms with Crippen LogP contribution in [0.4, 0.5) is 9.18 Å². The zero-order valence-corrected chi connectivity index (χ0v) is 20.4. The highest BCUT2D eigenvalue weighted by Crippen LogP contribution is 2.29. The van der Waals surface area contributed by atoms with E-state index in [0.29, 0.717) is 13.0 Å². The van der Waals surface area contributed by atoms with Crippen molar-refractivity contribution in [2.75, 3.05) is 26.7 Å². The standard InChI is InChI=1S/C26H32FN5O3/c1-18(2)24-25(34)30(14-13-19-7-5-4-6-8-19)16-22-31(24)23(33)17-29(3)32(22)26(35)28-15-20-9-11-21(27)12-10-20/h4-12,18,22,24H,13-17H2,1-3H3,(H,28,35)/t22-,24-/m0/s1. The van der Waals surface area contributed by atoms with Gasteiger partial charge in [0.2, 0.25) is 11.8 Å². The van der Waals surface area contributed by atoms with Crippen molar-refractivity contribution in [1.29, 1.82) is 0 Å². The van der Waals surface area contributed by atoms with E-state index in [4.69, 9.17) is 0 Å². The number of urea groups is 1. The van der Waals surface area contributed by atoms with Gasteiger partial charge in [0.1, 0.15) is 18.0 Å². The van der Waals surface area contributed by atoms with Crippen molar-refractivity contribution < 1.29 is 18.8 Å². The Bertz CT molecular complexity index is 1060. The predicted molar refractivity (Wildman–Crippen MR) is 129 cm³/mol. The number of carbonyl (C=O) groups excluding carboxylic acids is 3. The molecule has 2 aromatic carbocycles. The van der Waals surface area contributed by atoms with Crippen molar-refractivity contribution >= 4 is 17.8 Å². The minimum absolute atomic E-state index is 0.000976. The van der Waals surface area contributed by atoms with E-state index < -0.39 is 12.2 Å². The first kappa shape index (κ1) is 24.7. The molecular formula is C26H32FN5O3. The molecule has 2 aliphatic rings. The maximum absolute atomic E-state index is 13.5. The van der Waals surface area contributed by atoms with Crippen LogP contribution in [-0.4, -0.2) is 76.6 Å². The summed E-state index contributed by atoms with van der Waals surface area (Å²) in [5, 5.41) is 6.01. The highest BCUT2D eigenvalue weighted by Gasteiger charge is 2.51. The van der Waals surface area contributed by atoms with Gasteiger partial charge in [-0.15, -0.1) is 0 Å². The van der Waals surface area contributed by atoms with E-state index in [2.05, 4.69) is 5.32 Å². The molecule has 2 heterocycles. The molecule has 1 N–H and O–H groups in total. The Labute approximate surface area is 205 Å². The summed E-state index contributed by atoms with van der Waals surface area (Å²) in [5.41, 5.74) is 1.88. The molecule has 0 aliphatic carbocycles. The summed E-state index contributed by atoms with van der Waals surface area (Å²) in [6, 6.07) is 14.8. The zero-order chi connectivity index (χ0) is 25.1. The van der Waals surface area contributed by atoms with Gasteiger partial charge >= 0.3 is 6.03 Å². The summed E-state index contributed by atoms with van der Waals surface area (Å²) in [5.74, 6) is -0.709. The fraction of sp³-hybridized carbons (Fsp3) is 0.423. The summed E-state index contributed by atoms with van der Waals surface area (Å²) in [7, 11) is 1.70. The van der Waals surface area contributed by atoms with Crippen LogP contribution in [0, 0.1) is 11.7 Å². The highest BCUT2D eigenvalue weighted by atomic mass is 19.1. The Morgan fingerprint density at radius 2 is 1.74 bits per heavy atom. The number of halogens is 1. The lowest BCUT2D eigenvalue weighted by Gasteiger charge is -2.55. The molecule has 4 amide bonds. The lowest BCUT2D eigenvalue weighted by Crippen LogP contribution is -2.76. The second kappa shape index (κ2) is 10.4. The molecule has 0 aromatic heterocycles. The van der Waals surface area contributed by atoms with Crippen molar-refractivity contribution in [3.8, 4) is 0 Å². The van der Waals surface area contributed by atoms with Gasteiger partial charge in [0.15, 0.2) is 0 Å². The predicted octanol–water partition coefficient (Wildman–Crippen LogP) is 2.46. The Balaban J connectivity index is 1.55. The molecule has 186 valence electrons. The average molecular weight is 482 g/mol. The summed E-state index contributed by atoms with van der Waals surface area (Å²) in [4.78, 5) is 43.2. The minimum atomic E-state index is -0.641. The van der Waals surface area contributed by atoms with Crippen LogP contribution in [0.15, 0.2) is 54.6 Å². The lowest BCUT2D eigenvalue weighted by atomic mass is 9.96. The van der Waals surface area contributed by atoms with Crippen molar-refractivity contribution in [2.45, 2.75) is 39.0 Å². The zero-order valence-electron chi connectivity index (χ0n) is 20.4. The molecule has 0 unspecified atom stereocenters. The van der Waals surface area contributed by atoms with E-state index in [1.54, 1.807) is 34.0 Å². The molecule has 2 saturated heterocycles. The Hall–Kier alpha value is -3.46. The number of nitrogens with zero attached hydrogens (tertiary/aromatic N) is 4. The van der Waals surface area contributed by atoms with E-state index in [1.165, 1.54) is 17.1 Å². The number of hydrogen-bond donors (Lipinski definition) is 1. The third-order valence-electron chi connectivity index (χ3n) is 6.58. The van der Waals surface area contributed by atoms with Crippen molar-refractivity contribution in [1.82, 2.24) is 25.1 Å². The second-order valence-corrected chi connectivity index (χ2v) is 9.44. The molecule has 0 radical (unpaired) electrons. The van der Waals surface area contributed by atoms with Crippen LogP contribution in [0.3, 0.4) is 0 Å². The summed E-state index contributed by atoms with van der Waals surface area (Å²) < 4.78 is 13.2. The molecule has 2 aliphatic heterocycles. The Kier molecular flexibility index (Phi) is 7.35. The van der Waals surface area contributed by atoms with Gasteiger partial charge in [-0.3, -0.25) is 9.59 Å². The normalized spacial score (nSPS) is 20.9. The number of fused-ring (bicyclic) bond motifs is 1. The SMILES string of the molecule is CC(C)[C@H]1C(=O)N(CCc2ccccc2)C[C@H]2N1C(=O)CN(C)N2C(=O)NCc1ccc(F)cc1. The maximum Gasteiger partial charge on any atom is 0.334 e. The van der Waals surface area contributed by atoms with Gasteiger partial charge in [-0.1, -0.05) is 56.3 Å². The van der Waals surface area contributed by atoms with Crippen molar-refractivity contribution in [2.24, 2.45) is 5.92 Å². The molecule has 9 heteroatoms. The van der Waals surface area contributed by atoms with Crippen LogP contribution >= 0.6 is 0 Å². The van der Waals surface area contributed by atoms with Gasteiger partial charge in [0.05, 0.1) is 13.1 Å². The molecule has 0 saturated carbocycles. The molecular weight excluding hydrogens is 449 g/mol. The Morgan fingerprint density at radius 1 is 1.06 bits per heavy atom. The third-order valence-corrected chi connectivity index (χ3v) is 6.58. The largest absolute Gasteiger partial charge is 0.337 e. The monoisotopic (exact) mass is 481 g/mol. The number of amides is 4. The van der Waals surface area contributed by atoms with Crippen LogP contribution in [0.2, 0.25) is 0 Å². The molecule has 0 spiro atoms. The highest BCUT2D eigenvalue weighted by molar-refractivity contribution is 5.91. The van der Waals surface area contributed by atoms with Crippen LogP contribution < -0.4 is 5.32 Å². The summed E-state index contributed by atoms with van der Waals surface area (Å²) >= 11 is 0. The molecule has 2 fully saturated rings. The summed E-state index contributed by atoms with van der Waals surface area (Å²) in [6.07, 6.45) is 0.0698. The first-order valence-electron chi connectivity index (χ1n) is 11.9. The number of piperazine rings is 1. The van der Waals surface area contributed by atoms with Gasteiger partial charge in [-0.05, 0) is 35.6 Å². The second-order valence-electron chi connectivity index (χ2n) is 9.44. The fourth-order valence-corrected chi connectivity index (χ4v) is 4.83. The van der Waals surface area contributed by atoms with Crippen LogP contribution in [0.25, 0.3) is 0 Å². The molecule has 35 heavy (non-hydrogen) atoms. The number of benzene rings is 2. The van der Waals surface area contributed by atoms with E-state index in [1.807, 2.05) is 44.2 Å². The van der Waals surface area contributed by atoms with Gasteiger partial charge in [-0.2, -0.15) is 0 Å². The maximum atomic E-state index is 13.5. The first-order valence-corrected chi connectivity index (χ1v) is 11.9. The third kappa shape index (κ3) is 5.30. The fourth-order valence-electron chi connectivity index (χ4n) is 4.83. The Morgan fingerprint density at radius 3 is 2.40 bits per heavy atom. The molecule has 0 bridgehead atoms. The number of likely N-dealkylation sites (N-methyl/N-ethyl adjacent to an activating group) is 1. The summed E-state index contributed by atoms with van der Waals surface area (Å²) in [6.45, 7) is 4.79. The number of carbonyl (C=O) groups is 3. The number of rotatable bonds is 6. The van der Waals surface area contributed by atoms with Crippen molar-refractivity contribution in [3.05, 3.63) is 71.5 Å².